The van der Waals surface area contributed by atoms with Crippen molar-refractivity contribution >= 4 is 11.9 Å². The fraction of sp³-hybridized carbons (Fsp3) is 0.133. The minimum Gasteiger partial charge on any atom is -0.369 e. The standard InChI is InChI=1S/C30H31N5/c31-29(34(21-25-13-5-1-6-14-25)22-26-15-7-2-8-16-26)33-30(32)35(23-27-17-9-3-10-18-27)24-28-19-11-4-12-20-28/h1-20H,21-24H2,(H3,31,32,33). The predicted molar refractivity (Wildman–Crippen MR) is 144 cm³/mol. The molecule has 0 aliphatic heterocycles. The highest BCUT2D eigenvalue weighted by molar-refractivity contribution is 5.92. The van der Waals surface area contributed by atoms with Gasteiger partial charge in [-0.3, -0.25) is 5.41 Å². The molecule has 4 aromatic carbocycles. The lowest BCUT2D eigenvalue weighted by molar-refractivity contribution is 0.388. The van der Waals surface area contributed by atoms with Crippen molar-refractivity contribution < 1.29 is 0 Å². The number of nitrogens with one attached hydrogen (secondary N) is 1. The predicted octanol–water partition coefficient (Wildman–Crippen LogP) is 5.64. The average molecular weight is 462 g/mol. The molecule has 0 saturated carbocycles. The Morgan fingerprint density at radius 2 is 0.800 bits per heavy atom. The summed E-state index contributed by atoms with van der Waals surface area (Å²) in [4.78, 5) is 8.55. The molecule has 0 saturated heterocycles. The number of hydrogen-bond donors (Lipinski definition) is 2. The quantitative estimate of drug-likeness (QED) is 0.264. The minimum atomic E-state index is 0.140. The zero-order valence-electron chi connectivity index (χ0n) is 19.8. The SMILES string of the molecule is N=C(N=C(N)N(Cc1ccccc1)Cc1ccccc1)N(Cc1ccccc1)Cc1ccccc1. The molecule has 0 unspecified atom stereocenters. The Bertz CT molecular complexity index is 1130. The third-order valence-corrected chi connectivity index (χ3v) is 5.71. The molecule has 4 aromatic rings. The fourth-order valence-electron chi connectivity index (χ4n) is 3.89. The van der Waals surface area contributed by atoms with Crippen molar-refractivity contribution in [1.29, 1.82) is 5.41 Å². The van der Waals surface area contributed by atoms with Crippen LogP contribution >= 0.6 is 0 Å². The second kappa shape index (κ2) is 12.2. The number of guanidine groups is 2. The third-order valence-electron chi connectivity index (χ3n) is 5.71. The molecular weight excluding hydrogens is 430 g/mol. The number of aliphatic imine (C=N–C) groups is 1. The van der Waals surface area contributed by atoms with Crippen LogP contribution in [0.25, 0.3) is 0 Å². The fourth-order valence-corrected chi connectivity index (χ4v) is 3.89. The van der Waals surface area contributed by atoms with Crippen LogP contribution in [0.5, 0.6) is 0 Å². The van der Waals surface area contributed by atoms with Crippen molar-refractivity contribution in [2.45, 2.75) is 26.2 Å². The first-order valence-electron chi connectivity index (χ1n) is 11.8. The minimum absolute atomic E-state index is 0.140. The molecule has 5 heteroatoms. The van der Waals surface area contributed by atoms with E-state index >= 15 is 0 Å². The van der Waals surface area contributed by atoms with E-state index in [1.165, 1.54) is 0 Å². The summed E-state index contributed by atoms with van der Waals surface area (Å²) in [6.07, 6.45) is 0. The Kier molecular flexibility index (Phi) is 8.28. The van der Waals surface area contributed by atoms with Gasteiger partial charge >= 0.3 is 0 Å². The summed E-state index contributed by atoms with van der Waals surface area (Å²) in [6.45, 7) is 2.36. The van der Waals surface area contributed by atoms with Gasteiger partial charge in [0.1, 0.15) is 0 Å². The summed E-state index contributed by atoms with van der Waals surface area (Å²) in [5.74, 6) is 0.468. The highest BCUT2D eigenvalue weighted by Gasteiger charge is 2.15. The molecule has 35 heavy (non-hydrogen) atoms. The van der Waals surface area contributed by atoms with Gasteiger partial charge in [-0.25, -0.2) is 0 Å². The van der Waals surface area contributed by atoms with Crippen LogP contribution in [0.2, 0.25) is 0 Å². The summed E-state index contributed by atoms with van der Waals surface area (Å²) in [6, 6.07) is 40.7. The number of hydrogen-bond acceptors (Lipinski definition) is 1. The van der Waals surface area contributed by atoms with Crippen molar-refractivity contribution in [3.8, 4) is 0 Å². The molecule has 0 aliphatic carbocycles. The van der Waals surface area contributed by atoms with Gasteiger partial charge in [-0.1, -0.05) is 121 Å². The molecule has 3 N–H and O–H groups in total. The lowest BCUT2D eigenvalue weighted by Crippen LogP contribution is -2.39. The van der Waals surface area contributed by atoms with Gasteiger partial charge in [0.2, 0.25) is 5.96 Å². The van der Waals surface area contributed by atoms with Crippen LogP contribution in [0.15, 0.2) is 126 Å². The van der Waals surface area contributed by atoms with E-state index in [0.717, 1.165) is 22.3 Å². The van der Waals surface area contributed by atoms with Crippen molar-refractivity contribution in [3.63, 3.8) is 0 Å². The van der Waals surface area contributed by atoms with E-state index in [0.29, 0.717) is 32.1 Å². The van der Waals surface area contributed by atoms with Gasteiger partial charge in [-0.2, -0.15) is 4.99 Å². The normalized spacial score (nSPS) is 11.1. The van der Waals surface area contributed by atoms with Crippen LogP contribution in [0.4, 0.5) is 0 Å². The van der Waals surface area contributed by atoms with Crippen LogP contribution in [0, 0.1) is 5.41 Å². The van der Waals surface area contributed by atoms with E-state index in [-0.39, 0.29) is 5.96 Å². The summed E-state index contributed by atoms with van der Waals surface area (Å²) in [7, 11) is 0. The highest BCUT2D eigenvalue weighted by Crippen LogP contribution is 2.13. The van der Waals surface area contributed by atoms with Gasteiger partial charge in [0.05, 0.1) is 0 Å². The monoisotopic (exact) mass is 461 g/mol. The second-order valence-electron chi connectivity index (χ2n) is 8.45. The lowest BCUT2D eigenvalue weighted by atomic mass is 10.1. The van der Waals surface area contributed by atoms with E-state index in [1.807, 2.05) is 82.6 Å². The molecule has 0 amide bonds. The molecule has 0 atom stereocenters. The van der Waals surface area contributed by atoms with Crippen molar-refractivity contribution in [1.82, 2.24) is 9.80 Å². The Hall–Kier alpha value is -4.38. The molecule has 0 aliphatic rings. The molecule has 0 spiro atoms. The van der Waals surface area contributed by atoms with Crippen molar-refractivity contribution in [2.24, 2.45) is 10.7 Å². The van der Waals surface area contributed by atoms with Gasteiger partial charge in [-0.05, 0) is 22.3 Å². The largest absolute Gasteiger partial charge is 0.369 e. The smallest absolute Gasteiger partial charge is 0.221 e. The average Bonchev–Trinajstić information content (AvgIpc) is 2.90. The summed E-state index contributed by atoms with van der Waals surface area (Å²) in [5, 5.41) is 8.86. The number of nitrogens with two attached hydrogens (primary N) is 1. The topological polar surface area (TPSA) is 68.7 Å². The number of nitrogens with zero attached hydrogens (tertiary/aromatic N) is 3. The summed E-state index contributed by atoms with van der Waals surface area (Å²) < 4.78 is 0. The first-order chi connectivity index (χ1) is 17.2. The van der Waals surface area contributed by atoms with E-state index in [1.54, 1.807) is 0 Å². The molecule has 0 bridgehead atoms. The second-order valence-corrected chi connectivity index (χ2v) is 8.45. The Morgan fingerprint density at radius 3 is 1.11 bits per heavy atom. The van der Waals surface area contributed by atoms with Gasteiger partial charge in [0, 0.05) is 26.2 Å². The molecule has 0 radical (unpaired) electrons. The first-order valence-corrected chi connectivity index (χ1v) is 11.8. The van der Waals surface area contributed by atoms with Crippen LogP contribution in [-0.4, -0.2) is 21.7 Å². The van der Waals surface area contributed by atoms with E-state index in [4.69, 9.17) is 11.1 Å². The third kappa shape index (κ3) is 7.30. The summed E-state index contributed by atoms with van der Waals surface area (Å²) in [5.41, 5.74) is 11.1. The lowest BCUT2D eigenvalue weighted by Gasteiger charge is -2.27. The van der Waals surface area contributed by atoms with Gasteiger partial charge in [-0.15, -0.1) is 0 Å². The van der Waals surface area contributed by atoms with Gasteiger partial charge in [0.15, 0.2) is 5.96 Å². The molecular formula is C30H31N5. The van der Waals surface area contributed by atoms with Crippen molar-refractivity contribution in [3.05, 3.63) is 144 Å². The molecule has 0 heterocycles. The maximum Gasteiger partial charge on any atom is 0.221 e. The van der Waals surface area contributed by atoms with E-state index in [2.05, 4.69) is 53.5 Å². The Labute approximate surface area is 207 Å². The van der Waals surface area contributed by atoms with E-state index < -0.39 is 0 Å². The number of benzene rings is 4. The number of rotatable bonds is 8. The Morgan fingerprint density at radius 1 is 0.514 bits per heavy atom. The molecule has 4 rings (SSSR count). The van der Waals surface area contributed by atoms with Crippen LogP contribution in [0.3, 0.4) is 0 Å². The van der Waals surface area contributed by atoms with Crippen LogP contribution < -0.4 is 5.73 Å². The van der Waals surface area contributed by atoms with Gasteiger partial charge in [0.25, 0.3) is 0 Å². The Balaban J connectivity index is 1.58. The van der Waals surface area contributed by atoms with Crippen molar-refractivity contribution in [2.75, 3.05) is 0 Å². The zero-order valence-corrected chi connectivity index (χ0v) is 19.8. The van der Waals surface area contributed by atoms with Crippen LogP contribution in [0.1, 0.15) is 22.3 Å². The molecule has 176 valence electrons. The summed E-state index contributed by atoms with van der Waals surface area (Å²) >= 11 is 0. The van der Waals surface area contributed by atoms with Crippen LogP contribution in [-0.2, 0) is 26.2 Å². The maximum absolute atomic E-state index is 8.86. The van der Waals surface area contributed by atoms with E-state index in [9.17, 15) is 0 Å². The maximum atomic E-state index is 8.86. The van der Waals surface area contributed by atoms with Gasteiger partial charge < -0.3 is 15.5 Å². The molecule has 0 aromatic heterocycles. The zero-order chi connectivity index (χ0) is 24.3. The first kappa shape index (κ1) is 23.8. The molecule has 5 nitrogen and oxygen atoms in total. The molecule has 0 fully saturated rings. The highest BCUT2D eigenvalue weighted by atomic mass is 15.3.